The van der Waals surface area contributed by atoms with Crippen LogP contribution in [0.3, 0.4) is 0 Å². The second kappa shape index (κ2) is 5.19. The summed E-state index contributed by atoms with van der Waals surface area (Å²) in [5.74, 6) is 1.83. The van der Waals surface area contributed by atoms with E-state index in [2.05, 4.69) is 25.2 Å². The minimum absolute atomic E-state index is 0.340. The topological polar surface area (TPSA) is 30.5 Å². The molecular weight excluding hydrogens is 226 g/mol. The molecule has 1 N–H and O–H groups in total. The van der Waals surface area contributed by atoms with Gasteiger partial charge in [-0.05, 0) is 43.0 Å². The van der Waals surface area contributed by atoms with Crippen LogP contribution in [0.25, 0.3) is 0 Å². The molecule has 1 atom stereocenters. The van der Waals surface area contributed by atoms with E-state index >= 15 is 0 Å². The van der Waals surface area contributed by atoms with Crippen molar-refractivity contribution >= 4 is 0 Å². The van der Waals surface area contributed by atoms with Crippen LogP contribution in [-0.4, -0.2) is 20.8 Å². The molecule has 1 saturated carbocycles. The third-order valence-electron chi connectivity index (χ3n) is 3.89. The summed E-state index contributed by atoms with van der Waals surface area (Å²) in [5, 5.41) is 3.59. The molecule has 3 nitrogen and oxygen atoms in total. The van der Waals surface area contributed by atoms with Crippen LogP contribution in [0.5, 0.6) is 11.5 Å². The van der Waals surface area contributed by atoms with Crippen molar-refractivity contribution in [2.45, 2.75) is 32.7 Å². The van der Waals surface area contributed by atoms with E-state index in [4.69, 9.17) is 9.47 Å². The largest absolute Gasteiger partial charge is 0.497 e. The molecule has 100 valence electrons. The maximum absolute atomic E-state index is 5.50. The first-order chi connectivity index (χ1) is 8.64. The van der Waals surface area contributed by atoms with Crippen LogP contribution in [0, 0.1) is 5.41 Å². The second-order valence-electron chi connectivity index (χ2n) is 5.25. The Morgan fingerprint density at radius 3 is 2.50 bits per heavy atom. The summed E-state index contributed by atoms with van der Waals surface area (Å²) in [6.45, 7) is 5.44. The fourth-order valence-electron chi connectivity index (χ4n) is 2.49. The van der Waals surface area contributed by atoms with E-state index in [9.17, 15) is 0 Å². The monoisotopic (exact) mass is 249 g/mol. The molecule has 2 rings (SSSR count). The predicted molar refractivity (Wildman–Crippen MR) is 73.3 cm³/mol. The van der Waals surface area contributed by atoms with Crippen molar-refractivity contribution in [1.82, 2.24) is 5.32 Å². The average Bonchev–Trinajstić information content (AvgIpc) is 3.14. The lowest BCUT2D eigenvalue weighted by Gasteiger charge is -2.27. The molecule has 1 unspecified atom stereocenters. The van der Waals surface area contributed by atoms with Crippen molar-refractivity contribution in [3.63, 3.8) is 0 Å². The fourth-order valence-corrected chi connectivity index (χ4v) is 2.49. The highest BCUT2D eigenvalue weighted by atomic mass is 16.5. The molecule has 1 aliphatic carbocycles. The van der Waals surface area contributed by atoms with Gasteiger partial charge in [0.15, 0.2) is 0 Å². The molecule has 1 aromatic rings. The highest BCUT2D eigenvalue weighted by Crippen LogP contribution is 2.55. The summed E-state index contributed by atoms with van der Waals surface area (Å²) in [7, 11) is 3.43. The Bertz CT molecular complexity index is 413. The smallest absolute Gasteiger partial charge is 0.123 e. The first-order valence-corrected chi connectivity index (χ1v) is 6.60. The Balaban J connectivity index is 2.38. The molecule has 0 aliphatic heterocycles. The van der Waals surface area contributed by atoms with E-state index in [1.165, 1.54) is 18.4 Å². The molecule has 1 fully saturated rings. The highest BCUT2D eigenvalue weighted by molar-refractivity contribution is 5.43. The van der Waals surface area contributed by atoms with Gasteiger partial charge in [0.1, 0.15) is 11.5 Å². The average molecular weight is 249 g/mol. The zero-order valence-electron chi connectivity index (χ0n) is 11.7. The van der Waals surface area contributed by atoms with Gasteiger partial charge in [-0.1, -0.05) is 13.8 Å². The third-order valence-corrected chi connectivity index (χ3v) is 3.89. The van der Waals surface area contributed by atoms with Gasteiger partial charge < -0.3 is 14.8 Å². The van der Waals surface area contributed by atoms with Gasteiger partial charge >= 0.3 is 0 Å². The minimum Gasteiger partial charge on any atom is -0.497 e. The first-order valence-electron chi connectivity index (χ1n) is 6.60. The number of hydrogen-bond donors (Lipinski definition) is 1. The fraction of sp³-hybridized carbons (Fsp3) is 0.600. The maximum atomic E-state index is 5.50. The zero-order chi connectivity index (χ0) is 13.2. The summed E-state index contributed by atoms with van der Waals surface area (Å²) in [6.07, 6.45) is 2.54. The molecule has 1 aliphatic rings. The summed E-state index contributed by atoms with van der Waals surface area (Å²) < 4.78 is 10.8. The zero-order valence-corrected chi connectivity index (χ0v) is 11.7. The Labute approximate surface area is 109 Å². The lowest BCUT2D eigenvalue weighted by atomic mass is 9.91. The van der Waals surface area contributed by atoms with E-state index in [1.807, 2.05) is 12.1 Å². The first kappa shape index (κ1) is 13.2. The van der Waals surface area contributed by atoms with Crippen molar-refractivity contribution in [2.24, 2.45) is 5.41 Å². The lowest BCUT2D eigenvalue weighted by molar-refractivity contribution is 0.343. The number of hydrogen-bond acceptors (Lipinski definition) is 3. The molecule has 0 radical (unpaired) electrons. The van der Waals surface area contributed by atoms with Crippen molar-refractivity contribution in [3.05, 3.63) is 23.8 Å². The van der Waals surface area contributed by atoms with E-state index in [-0.39, 0.29) is 0 Å². The van der Waals surface area contributed by atoms with E-state index in [0.717, 1.165) is 18.0 Å². The number of nitrogens with one attached hydrogen (secondary N) is 1. The van der Waals surface area contributed by atoms with Gasteiger partial charge in [-0.25, -0.2) is 0 Å². The van der Waals surface area contributed by atoms with Crippen LogP contribution in [0.1, 0.15) is 38.3 Å². The van der Waals surface area contributed by atoms with Crippen LogP contribution >= 0.6 is 0 Å². The van der Waals surface area contributed by atoms with Crippen LogP contribution in [-0.2, 0) is 0 Å². The molecule has 18 heavy (non-hydrogen) atoms. The maximum Gasteiger partial charge on any atom is 0.123 e. The Morgan fingerprint density at radius 2 is 2.00 bits per heavy atom. The van der Waals surface area contributed by atoms with Crippen LogP contribution in [0.4, 0.5) is 0 Å². The van der Waals surface area contributed by atoms with E-state index < -0.39 is 0 Å². The Morgan fingerprint density at radius 1 is 1.28 bits per heavy atom. The van der Waals surface area contributed by atoms with Gasteiger partial charge in [-0.3, -0.25) is 0 Å². The molecule has 1 aromatic carbocycles. The molecule has 0 bridgehead atoms. The second-order valence-corrected chi connectivity index (χ2v) is 5.25. The van der Waals surface area contributed by atoms with Crippen LogP contribution in [0.2, 0.25) is 0 Å². The van der Waals surface area contributed by atoms with Gasteiger partial charge in [0.05, 0.1) is 14.2 Å². The molecule has 0 aromatic heterocycles. The van der Waals surface area contributed by atoms with Crippen molar-refractivity contribution in [2.75, 3.05) is 20.8 Å². The number of methoxy groups -OCH3 is 2. The Hall–Kier alpha value is -1.22. The minimum atomic E-state index is 0.340. The SMILES string of the molecule is CCNC(c1cc(OC)ccc1OC)C1(C)CC1. The van der Waals surface area contributed by atoms with E-state index in [0.29, 0.717) is 11.5 Å². The van der Waals surface area contributed by atoms with E-state index in [1.54, 1.807) is 14.2 Å². The van der Waals surface area contributed by atoms with Gasteiger partial charge in [0, 0.05) is 11.6 Å². The molecular formula is C15H23NO2. The van der Waals surface area contributed by atoms with Crippen molar-refractivity contribution in [3.8, 4) is 11.5 Å². The van der Waals surface area contributed by atoms with Crippen LogP contribution < -0.4 is 14.8 Å². The normalized spacial score (nSPS) is 18.2. The lowest BCUT2D eigenvalue weighted by Crippen LogP contribution is -2.28. The van der Waals surface area contributed by atoms with Gasteiger partial charge in [-0.15, -0.1) is 0 Å². The number of benzene rings is 1. The summed E-state index contributed by atoms with van der Waals surface area (Å²) in [5.41, 5.74) is 1.56. The van der Waals surface area contributed by atoms with Gasteiger partial charge in [0.2, 0.25) is 0 Å². The molecule has 0 heterocycles. The third kappa shape index (κ3) is 2.46. The van der Waals surface area contributed by atoms with Crippen molar-refractivity contribution < 1.29 is 9.47 Å². The molecule has 0 spiro atoms. The summed E-state index contributed by atoms with van der Waals surface area (Å²) in [6, 6.07) is 6.37. The number of rotatable bonds is 6. The predicted octanol–water partition coefficient (Wildman–Crippen LogP) is 3.15. The number of ether oxygens (including phenoxy) is 2. The van der Waals surface area contributed by atoms with Crippen molar-refractivity contribution in [1.29, 1.82) is 0 Å². The standard InChI is InChI=1S/C15H23NO2/c1-5-16-14(15(2)8-9-15)12-10-11(17-3)6-7-13(12)18-4/h6-7,10,14,16H,5,8-9H2,1-4H3. The summed E-state index contributed by atoms with van der Waals surface area (Å²) in [4.78, 5) is 0. The quantitative estimate of drug-likeness (QED) is 0.840. The molecule has 0 saturated heterocycles. The molecule has 0 amide bonds. The Kier molecular flexibility index (Phi) is 3.81. The van der Waals surface area contributed by atoms with Gasteiger partial charge in [-0.2, -0.15) is 0 Å². The summed E-state index contributed by atoms with van der Waals surface area (Å²) >= 11 is 0. The van der Waals surface area contributed by atoms with Gasteiger partial charge in [0.25, 0.3) is 0 Å². The highest BCUT2D eigenvalue weighted by Gasteiger charge is 2.46. The molecule has 3 heteroatoms. The van der Waals surface area contributed by atoms with Crippen LogP contribution in [0.15, 0.2) is 18.2 Å².